The first-order valence-corrected chi connectivity index (χ1v) is 5.29. The molecule has 4 N–H and O–H groups in total. The number of primary amides is 1. The summed E-state index contributed by atoms with van der Waals surface area (Å²) in [5.41, 5.74) is 10.6. The monoisotopic (exact) mass is 239 g/mol. The van der Waals surface area contributed by atoms with Gasteiger partial charge in [-0.25, -0.2) is 4.63 Å². The maximum atomic E-state index is 12.1. The van der Waals surface area contributed by atoms with Crippen LogP contribution in [0.15, 0.2) is 4.63 Å². The Morgan fingerprint density at radius 2 is 2.12 bits per heavy atom. The third-order valence-corrected chi connectivity index (χ3v) is 2.81. The number of carbonyl (C=O) groups is 2. The number of piperidine rings is 1. The SMILES string of the molecule is NC(=O)C1CCCCN1C(=O)c1nonc1N. The molecular formula is C9H13N5O3. The molecule has 1 fully saturated rings. The lowest BCUT2D eigenvalue weighted by Crippen LogP contribution is -2.50. The summed E-state index contributed by atoms with van der Waals surface area (Å²) in [7, 11) is 0. The molecule has 0 bridgehead atoms. The second kappa shape index (κ2) is 4.40. The molecule has 17 heavy (non-hydrogen) atoms. The van der Waals surface area contributed by atoms with Gasteiger partial charge in [0.15, 0.2) is 0 Å². The van der Waals surface area contributed by atoms with Crippen molar-refractivity contribution in [2.45, 2.75) is 25.3 Å². The van der Waals surface area contributed by atoms with Crippen molar-refractivity contribution in [2.75, 3.05) is 12.3 Å². The summed E-state index contributed by atoms with van der Waals surface area (Å²) in [5.74, 6) is -1.07. The maximum Gasteiger partial charge on any atom is 0.280 e. The third-order valence-electron chi connectivity index (χ3n) is 2.81. The van der Waals surface area contributed by atoms with Crippen LogP contribution in [0.5, 0.6) is 0 Å². The second-order valence-electron chi connectivity index (χ2n) is 3.91. The largest absolute Gasteiger partial charge is 0.379 e. The zero-order valence-electron chi connectivity index (χ0n) is 9.13. The number of likely N-dealkylation sites (tertiary alicyclic amines) is 1. The summed E-state index contributed by atoms with van der Waals surface area (Å²) in [4.78, 5) is 24.7. The molecule has 8 heteroatoms. The lowest BCUT2D eigenvalue weighted by molar-refractivity contribution is -0.123. The van der Waals surface area contributed by atoms with Gasteiger partial charge in [0.25, 0.3) is 5.91 Å². The minimum atomic E-state index is -0.604. The Labute approximate surface area is 96.9 Å². The van der Waals surface area contributed by atoms with Crippen molar-refractivity contribution in [3.63, 3.8) is 0 Å². The van der Waals surface area contributed by atoms with Crippen molar-refractivity contribution in [3.05, 3.63) is 5.69 Å². The molecule has 1 aromatic heterocycles. The summed E-state index contributed by atoms with van der Waals surface area (Å²) in [6, 6.07) is -0.604. The number of nitrogens with two attached hydrogens (primary N) is 2. The van der Waals surface area contributed by atoms with E-state index in [0.717, 1.165) is 12.8 Å². The van der Waals surface area contributed by atoms with E-state index in [0.29, 0.717) is 13.0 Å². The molecule has 0 radical (unpaired) electrons. The molecular weight excluding hydrogens is 226 g/mol. The second-order valence-corrected chi connectivity index (χ2v) is 3.91. The molecule has 1 saturated heterocycles. The van der Waals surface area contributed by atoms with E-state index in [1.807, 2.05) is 0 Å². The highest BCUT2D eigenvalue weighted by atomic mass is 16.6. The van der Waals surface area contributed by atoms with Gasteiger partial charge in [0.2, 0.25) is 17.4 Å². The maximum absolute atomic E-state index is 12.1. The van der Waals surface area contributed by atoms with E-state index in [1.54, 1.807) is 0 Å². The minimum absolute atomic E-state index is 0.0712. The van der Waals surface area contributed by atoms with Crippen molar-refractivity contribution in [1.82, 2.24) is 15.2 Å². The predicted molar refractivity (Wildman–Crippen MR) is 56.6 cm³/mol. The van der Waals surface area contributed by atoms with Gasteiger partial charge >= 0.3 is 0 Å². The molecule has 0 aromatic carbocycles. The van der Waals surface area contributed by atoms with E-state index in [2.05, 4.69) is 14.9 Å². The average molecular weight is 239 g/mol. The average Bonchev–Trinajstić information content (AvgIpc) is 2.74. The highest BCUT2D eigenvalue weighted by Crippen LogP contribution is 2.20. The van der Waals surface area contributed by atoms with Crippen molar-refractivity contribution >= 4 is 17.6 Å². The molecule has 0 spiro atoms. The minimum Gasteiger partial charge on any atom is -0.379 e. The van der Waals surface area contributed by atoms with E-state index < -0.39 is 17.9 Å². The lowest BCUT2D eigenvalue weighted by Gasteiger charge is -2.32. The van der Waals surface area contributed by atoms with Gasteiger partial charge in [0.05, 0.1) is 0 Å². The first-order valence-electron chi connectivity index (χ1n) is 5.29. The molecule has 1 unspecified atom stereocenters. The van der Waals surface area contributed by atoms with Crippen molar-refractivity contribution in [1.29, 1.82) is 0 Å². The van der Waals surface area contributed by atoms with Gasteiger partial charge < -0.3 is 16.4 Å². The Hall–Kier alpha value is -2.12. The van der Waals surface area contributed by atoms with Crippen LogP contribution >= 0.6 is 0 Å². The van der Waals surface area contributed by atoms with Gasteiger partial charge in [0, 0.05) is 6.54 Å². The van der Waals surface area contributed by atoms with E-state index in [-0.39, 0.29) is 11.5 Å². The molecule has 0 aliphatic carbocycles. The third kappa shape index (κ3) is 2.05. The number of carbonyl (C=O) groups excluding carboxylic acids is 2. The number of amides is 2. The number of rotatable bonds is 2. The zero-order chi connectivity index (χ0) is 12.4. The molecule has 2 rings (SSSR count). The quantitative estimate of drug-likeness (QED) is 0.690. The van der Waals surface area contributed by atoms with Crippen LogP contribution in [-0.4, -0.2) is 39.6 Å². The number of aromatic nitrogens is 2. The summed E-state index contributed by atoms with van der Waals surface area (Å²) in [5, 5.41) is 6.76. The fourth-order valence-corrected chi connectivity index (χ4v) is 1.95. The van der Waals surface area contributed by atoms with Crippen LogP contribution in [0.3, 0.4) is 0 Å². The van der Waals surface area contributed by atoms with Gasteiger partial charge in [-0.15, -0.1) is 0 Å². The number of hydrogen-bond acceptors (Lipinski definition) is 6. The fourth-order valence-electron chi connectivity index (χ4n) is 1.95. The zero-order valence-corrected chi connectivity index (χ0v) is 9.13. The highest BCUT2D eigenvalue weighted by molar-refractivity contribution is 5.98. The van der Waals surface area contributed by atoms with Crippen LogP contribution in [0.4, 0.5) is 5.82 Å². The van der Waals surface area contributed by atoms with E-state index in [9.17, 15) is 9.59 Å². The Morgan fingerprint density at radius 1 is 1.35 bits per heavy atom. The Kier molecular flexibility index (Phi) is 2.94. The highest BCUT2D eigenvalue weighted by Gasteiger charge is 2.33. The van der Waals surface area contributed by atoms with Crippen LogP contribution in [0.1, 0.15) is 29.8 Å². The topological polar surface area (TPSA) is 128 Å². The van der Waals surface area contributed by atoms with Crippen LogP contribution in [0.25, 0.3) is 0 Å². The summed E-state index contributed by atoms with van der Waals surface area (Å²) in [6.45, 7) is 0.457. The smallest absolute Gasteiger partial charge is 0.280 e. The normalized spacial score (nSPS) is 20.2. The van der Waals surface area contributed by atoms with E-state index >= 15 is 0 Å². The van der Waals surface area contributed by atoms with Crippen molar-refractivity contribution < 1.29 is 14.2 Å². The molecule has 1 aliphatic rings. The number of nitrogen functional groups attached to an aromatic ring is 1. The van der Waals surface area contributed by atoms with Crippen molar-refractivity contribution in [3.8, 4) is 0 Å². The van der Waals surface area contributed by atoms with Crippen LogP contribution in [-0.2, 0) is 4.79 Å². The molecule has 92 valence electrons. The van der Waals surface area contributed by atoms with Crippen molar-refractivity contribution in [2.24, 2.45) is 5.73 Å². The van der Waals surface area contributed by atoms with Crippen LogP contribution < -0.4 is 11.5 Å². The molecule has 0 saturated carbocycles. The number of hydrogen-bond donors (Lipinski definition) is 2. The lowest BCUT2D eigenvalue weighted by atomic mass is 10.0. The van der Waals surface area contributed by atoms with Gasteiger partial charge in [-0.2, -0.15) is 0 Å². The first-order chi connectivity index (χ1) is 8.11. The Bertz CT molecular complexity index is 444. The van der Waals surface area contributed by atoms with Crippen LogP contribution in [0, 0.1) is 0 Å². The number of nitrogens with zero attached hydrogens (tertiary/aromatic N) is 3. The van der Waals surface area contributed by atoms with E-state index in [1.165, 1.54) is 4.90 Å². The van der Waals surface area contributed by atoms with Gasteiger partial charge in [-0.1, -0.05) is 0 Å². The molecule has 8 nitrogen and oxygen atoms in total. The van der Waals surface area contributed by atoms with Gasteiger partial charge in [-0.05, 0) is 29.6 Å². The van der Waals surface area contributed by atoms with Gasteiger partial charge in [0.1, 0.15) is 6.04 Å². The fraction of sp³-hybridized carbons (Fsp3) is 0.556. The van der Waals surface area contributed by atoms with E-state index in [4.69, 9.17) is 11.5 Å². The summed E-state index contributed by atoms with van der Waals surface area (Å²) in [6.07, 6.45) is 2.25. The Morgan fingerprint density at radius 3 is 2.71 bits per heavy atom. The standard InChI is InChI=1S/C9H13N5O3/c10-7-6(12-17-13-7)9(16)14-4-2-1-3-5(14)8(11)15/h5H,1-4H2,(H2,10,13)(H2,11,15). The Balaban J connectivity index is 2.23. The molecule has 1 aliphatic heterocycles. The van der Waals surface area contributed by atoms with Gasteiger partial charge in [-0.3, -0.25) is 9.59 Å². The first kappa shape index (κ1) is 11.4. The molecule has 2 heterocycles. The molecule has 1 atom stereocenters. The number of anilines is 1. The molecule has 1 aromatic rings. The summed E-state index contributed by atoms with van der Waals surface area (Å²) < 4.78 is 4.36. The summed E-state index contributed by atoms with van der Waals surface area (Å²) >= 11 is 0. The molecule has 2 amide bonds. The van der Waals surface area contributed by atoms with Crippen LogP contribution in [0.2, 0.25) is 0 Å². The predicted octanol–water partition coefficient (Wildman–Crippen LogP) is -0.868.